The van der Waals surface area contributed by atoms with Gasteiger partial charge < -0.3 is 10.5 Å². The topological polar surface area (TPSA) is 61.0 Å². The first-order chi connectivity index (χ1) is 9.20. The average Bonchev–Trinajstić information content (AvgIpc) is 2.91. The maximum absolute atomic E-state index is 6.32. The summed E-state index contributed by atoms with van der Waals surface area (Å²) < 4.78 is 5.64. The van der Waals surface area contributed by atoms with Gasteiger partial charge in [-0.1, -0.05) is 6.92 Å². The second kappa shape index (κ2) is 6.96. The van der Waals surface area contributed by atoms with Gasteiger partial charge in [0.1, 0.15) is 0 Å². The van der Waals surface area contributed by atoms with Gasteiger partial charge >= 0.3 is 0 Å². The molecule has 2 N–H and O–H groups in total. The molecule has 2 rings (SSSR count). The lowest BCUT2D eigenvalue weighted by atomic mass is 9.98. The number of ether oxygens (including phenoxy) is 1. The molecule has 106 valence electrons. The Bertz CT molecular complexity index is 402. The van der Waals surface area contributed by atoms with Crippen molar-refractivity contribution < 1.29 is 4.74 Å². The minimum absolute atomic E-state index is 0.0746. The van der Waals surface area contributed by atoms with Crippen LogP contribution in [0.25, 0.3) is 0 Å². The van der Waals surface area contributed by atoms with Crippen LogP contribution in [-0.4, -0.2) is 22.9 Å². The summed E-state index contributed by atoms with van der Waals surface area (Å²) in [4.78, 5) is 0. The molecular formula is C15H25N3O. The molecule has 0 aliphatic carbocycles. The number of nitrogens with two attached hydrogens (primary N) is 1. The van der Waals surface area contributed by atoms with Crippen molar-refractivity contribution >= 4 is 0 Å². The third-order valence-electron chi connectivity index (χ3n) is 3.83. The van der Waals surface area contributed by atoms with Crippen LogP contribution in [0, 0.1) is 6.92 Å². The summed E-state index contributed by atoms with van der Waals surface area (Å²) in [6, 6.07) is 2.16. The number of aromatic nitrogens is 2. The van der Waals surface area contributed by atoms with E-state index >= 15 is 0 Å². The molecule has 0 saturated carbocycles. The molecule has 0 bridgehead atoms. The third-order valence-corrected chi connectivity index (χ3v) is 3.83. The van der Waals surface area contributed by atoms with Crippen molar-refractivity contribution in [2.24, 2.45) is 5.73 Å². The molecular weight excluding hydrogens is 238 g/mol. The fraction of sp³-hybridized carbons (Fsp3) is 0.733. The van der Waals surface area contributed by atoms with E-state index < -0.39 is 0 Å². The van der Waals surface area contributed by atoms with Crippen LogP contribution in [0.2, 0.25) is 0 Å². The first kappa shape index (κ1) is 14.4. The van der Waals surface area contributed by atoms with Gasteiger partial charge in [0, 0.05) is 12.6 Å². The van der Waals surface area contributed by atoms with Gasteiger partial charge in [-0.15, -0.1) is 0 Å². The highest BCUT2D eigenvalue weighted by Gasteiger charge is 2.17. The molecule has 1 aromatic rings. The van der Waals surface area contributed by atoms with Gasteiger partial charge in [0.25, 0.3) is 0 Å². The van der Waals surface area contributed by atoms with Crippen molar-refractivity contribution in [3.63, 3.8) is 0 Å². The maximum Gasteiger partial charge on any atom is 0.0676 e. The first-order valence-electron chi connectivity index (χ1n) is 7.41. The van der Waals surface area contributed by atoms with Crippen LogP contribution in [0.5, 0.6) is 0 Å². The zero-order valence-electron chi connectivity index (χ0n) is 12.1. The molecule has 2 heterocycles. The molecule has 1 saturated heterocycles. The van der Waals surface area contributed by atoms with Gasteiger partial charge in [0.2, 0.25) is 0 Å². The maximum atomic E-state index is 6.32. The van der Waals surface area contributed by atoms with Gasteiger partial charge in [-0.25, -0.2) is 0 Å². The zero-order valence-corrected chi connectivity index (χ0v) is 12.1. The molecule has 19 heavy (non-hydrogen) atoms. The predicted molar refractivity (Wildman–Crippen MR) is 75.9 cm³/mol. The smallest absolute Gasteiger partial charge is 0.0676 e. The van der Waals surface area contributed by atoms with E-state index in [0.29, 0.717) is 6.10 Å². The van der Waals surface area contributed by atoms with Crippen LogP contribution >= 0.6 is 0 Å². The summed E-state index contributed by atoms with van der Waals surface area (Å²) in [6.07, 6.45) is 7.04. The van der Waals surface area contributed by atoms with E-state index in [1.54, 1.807) is 0 Å². The first-order valence-corrected chi connectivity index (χ1v) is 7.41. The minimum Gasteiger partial charge on any atom is -0.378 e. The van der Waals surface area contributed by atoms with Crippen molar-refractivity contribution in [1.82, 2.24) is 10.2 Å². The Morgan fingerprint density at radius 3 is 3.00 bits per heavy atom. The lowest BCUT2D eigenvalue weighted by Gasteiger charge is -2.16. The number of rotatable bonds is 6. The summed E-state index contributed by atoms with van der Waals surface area (Å²) in [5, 5.41) is 8.36. The monoisotopic (exact) mass is 263 g/mol. The normalized spacial score (nSPS) is 20.7. The fourth-order valence-electron chi connectivity index (χ4n) is 2.72. The van der Waals surface area contributed by atoms with E-state index in [9.17, 15) is 0 Å². The molecule has 2 atom stereocenters. The third kappa shape index (κ3) is 3.98. The Kier molecular flexibility index (Phi) is 5.28. The Morgan fingerprint density at radius 1 is 1.47 bits per heavy atom. The fourth-order valence-corrected chi connectivity index (χ4v) is 2.72. The summed E-state index contributed by atoms with van der Waals surface area (Å²) in [5.74, 6) is 0. The number of nitrogens with zero attached hydrogens (tertiary/aromatic N) is 2. The Labute approximate surface area is 115 Å². The largest absolute Gasteiger partial charge is 0.378 e. The average molecular weight is 263 g/mol. The van der Waals surface area contributed by atoms with Gasteiger partial charge in [0.15, 0.2) is 0 Å². The minimum atomic E-state index is 0.0746. The molecule has 0 amide bonds. The number of hydrogen-bond donors (Lipinski definition) is 1. The van der Waals surface area contributed by atoms with Crippen LogP contribution < -0.4 is 5.73 Å². The van der Waals surface area contributed by atoms with Crippen molar-refractivity contribution in [2.45, 2.75) is 64.5 Å². The molecule has 1 aliphatic heterocycles. The quantitative estimate of drug-likeness (QED) is 0.857. The summed E-state index contributed by atoms with van der Waals surface area (Å²) >= 11 is 0. The molecule has 2 unspecified atom stereocenters. The van der Waals surface area contributed by atoms with Gasteiger partial charge in [0.05, 0.1) is 17.5 Å². The van der Waals surface area contributed by atoms with Crippen LogP contribution in [0.15, 0.2) is 6.07 Å². The standard InChI is InChI=1S/C15H25N3O/c1-3-15-13(10-11(2)17-18-15)14(16)8-4-6-12-7-5-9-19-12/h10,12,14H,3-9,16H2,1-2H3. The van der Waals surface area contributed by atoms with Crippen LogP contribution in [0.1, 0.15) is 62.0 Å². The second-order valence-corrected chi connectivity index (χ2v) is 5.41. The van der Waals surface area contributed by atoms with Gasteiger partial charge in [-0.05, 0) is 57.1 Å². The zero-order chi connectivity index (χ0) is 13.7. The predicted octanol–water partition coefficient (Wildman–Crippen LogP) is 2.70. The van der Waals surface area contributed by atoms with Crippen LogP contribution in [0.3, 0.4) is 0 Å². The number of hydrogen-bond acceptors (Lipinski definition) is 4. The molecule has 4 heteroatoms. The van der Waals surface area contributed by atoms with Gasteiger partial charge in [-0.3, -0.25) is 0 Å². The Balaban J connectivity index is 1.87. The van der Waals surface area contributed by atoms with Crippen molar-refractivity contribution in [3.8, 4) is 0 Å². The molecule has 0 radical (unpaired) electrons. The van der Waals surface area contributed by atoms with E-state index in [2.05, 4.69) is 23.2 Å². The van der Waals surface area contributed by atoms with E-state index in [4.69, 9.17) is 10.5 Å². The number of aryl methyl sites for hydroxylation is 2. The van der Waals surface area contributed by atoms with E-state index in [-0.39, 0.29) is 6.04 Å². The summed E-state index contributed by atoms with van der Waals surface area (Å²) in [5.41, 5.74) is 9.47. The lowest BCUT2D eigenvalue weighted by molar-refractivity contribution is 0.101. The SMILES string of the molecule is CCc1nnc(C)cc1C(N)CCCC1CCCO1. The van der Waals surface area contributed by atoms with Gasteiger partial charge in [-0.2, -0.15) is 10.2 Å². The molecule has 0 spiro atoms. The summed E-state index contributed by atoms with van der Waals surface area (Å²) in [6.45, 7) is 5.00. The van der Waals surface area contributed by atoms with E-state index in [0.717, 1.165) is 43.7 Å². The van der Waals surface area contributed by atoms with E-state index in [1.807, 2.05) is 6.92 Å². The summed E-state index contributed by atoms with van der Waals surface area (Å²) in [7, 11) is 0. The highest BCUT2D eigenvalue weighted by Crippen LogP contribution is 2.23. The van der Waals surface area contributed by atoms with Crippen molar-refractivity contribution in [2.75, 3.05) is 6.61 Å². The highest BCUT2D eigenvalue weighted by molar-refractivity contribution is 5.24. The Hall–Kier alpha value is -1.00. The molecule has 0 aromatic carbocycles. The van der Waals surface area contributed by atoms with E-state index in [1.165, 1.54) is 18.4 Å². The molecule has 1 aliphatic rings. The van der Waals surface area contributed by atoms with Crippen LogP contribution in [-0.2, 0) is 11.2 Å². The van der Waals surface area contributed by atoms with Crippen molar-refractivity contribution in [3.05, 3.63) is 23.0 Å². The molecule has 4 nitrogen and oxygen atoms in total. The van der Waals surface area contributed by atoms with Crippen molar-refractivity contribution in [1.29, 1.82) is 0 Å². The Morgan fingerprint density at radius 2 is 2.32 bits per heavy atom. The van der Waals surface area contributed by atoms with Crippen LogP contribution in [0.4, 0.5) is 0 Å². The highest BCUT2D eigenvalue weighted by atomic mass is 16.5. The molecule has 1 fully saturated rings. The lowest BCUT2D eigenvalue weighted by Crippen LogP contribution is -2.15. The second-order valence-electron chi connectivity index (χ2n) is 5.41. The molecule has 1 aromatic heterocycles.